The highest BCUT2D eigenvalue weighted by Gasteiger charge is 2.18. The van der Waals surface area contributed by atoms with Gasteiger partial charge in [0, 0.05) is 13.1 Å². The predicted octanol–water partition coefficient (Wildman–Crippen LogP) is 2.70. The van der Waals surface area contributed by atoms with Crippen molar-refractivity contribution in [1.82, 2.24) is 4.90 Å². The van der Waals surface area contributed by atoms with E-state index in [0.717, 1.165) is 6.42 Å². The Morgan fingerprint density at radius 1 is 1.47 bits per heavy atom. The van der Waals surface area contributed by atoms with E-state index in [1.165, 1.54) is 12.1 Å². The molecule has 1 aromatic carbocycles. The third kappa shape index (κ3) is 2.55. The van der Waals surface area contributed by atoms with Crippen molar-refractivity contribution in [2.45, 2.75) is 26.3 Å². The van der Waals surface area contributed by atoms with Gasteiger partial charge in [-0.15, -0.1) is 0 Å². The Hall–Kier alpha value is -1.38. The monoisotopic (exact) mass is 209 g/mol. The largest absolute Gasteiger partial charge is 0.339 e. The minimum atomic E-state index is -0.461. The van der Waals surface area contributed by atoms with Crippen LogP contribution >= 0.6 is 0 Å². The number of carbonyl (C=O) groups excluding carboxylic acids is 1. The molecule has 0 aliphatic heterocycles. The third-order valence-corrected chi connectivity index (χ3v) is 2.68. The lowest BCUT2D eigenvalue weighted by molar-refractivity contribution is 0.0736. The highest BCUT2D eigenvalue weighted by molar-refractivity contribution is 5.94. The molecule has 0 radical (unpaired) electrons. The van der Waals surface area contributed by atoms with Crippen LogP contribution in [0.1, 0.15) is 30.6 Å². The molecule has 0 aromatic heterocycles. The van der Waals surface area contributed by atoms with Crippen LogP contribution in [0.3, 0.4) is 0 Å². The van der Waals surface area contributed by atoms with Crippen LogP contribution in [-0.2, 0) is 0 Å². The first kappa shape index (κ1) is 11.7. The molecule has 1 aromatic rings. The smallest absolute Gasteiger partial charge is 0.256 e. The maximum absolute atomic E-state index is 13.3. The number of rotatable bonds is 3. The minimum Gasteiger partial charge on any atom is -0.339 e. The van der Waals surface area contributed by atoms with Gasteiger partial charge in [-0.1, -0.05) is 19.1 Å². The molecular formula is C12H16FNO. The zero-order valence-corrected chi connectivity index (χ0v) is 9.33. The summed E-state index contributed by atoms with van der Waals surface area (Å²) in [4.78, 5) is 13.4. The first-order chi connectivity index (χ1) is 7.07. The average Bonchev–Trinajstić information content (AvgIpc) is 2.26. The van der Waals surface area contributed by atoms with Crippen LogP contribution in [0.15, 0.2) is 24.3 Å². The van der Waals surface area contributed by atoms with Crippen LogP contribution in [0.4, 0.5) is 4.39 Å². The Morgan fingerprint density at radius 3 is 2.60 bits per heavy atom. The topological polar surface area (TPSA) is 20.3 Å². The van der Waals surface area contributed by atoms with Crippen molar-refractivity contribution in [3.8, 4) is 0 Å². The number of nitrogens with zero attached hydrogens (tertiary/aromatic N) is 1. The van der Waals surface area contributed by atoms with Gasteiger partial charge in [-0.25, -0.2) is 4.39 Å². The van der Waals surface area contributed by atoms with Crippen molar-refractivity contribution in [2.75, 3.05) is 7.05 Å². The molecule has 82 valence electrons. The summed E-state index contributed by atoms with van der Waals surface area (Å²) in [5.74, 6) is -0.722. The number of halogens is 1. The number of hydrogen-bond acceptors (Lipinski definition) is 1. The molecule has 1 atom stereocenters. The zero-order valence-electron chi connectivity index (χ0n) is 9.33. The Labute approximate surface area is 89.7 Å². The van der Waals surface area contributed by atoms with E-state index in [1.54, 1.807) is 24.1 Å². The first-order valence-electron chi connectivity index (χ1n) is 5.09. The molecule has 3 heteroatoms. The van der Waals surface area contributed by atoms with E-state index < -0.39 is 5.82 Å². The Bertz CT molecular complexity index is 351. The molecular weight excluding hydrogens is 193 g/mol. The maximum Gasteiger partial charge on any atom is 0.256 e. The fourth-order valence-corrected chi connectivity index (χ4v) is 1.30. The van der Waals surface area contributed by atoms with Crippen molar-refractivity contribution < 1.29 is 9.18 Å². The lowest BCUT2D eigenvalue weighted by atomic mass is 10.1. The van der Waals surface area contributed by atoms with Crippen LogP contribution in [-0.4, -0.2) is 23.9 Å². The molecule has 0 spiro atoms. The second-order valence-electron chi connectivity index (χ2n) is 3.65. The van der Waals surface area contributed by atoms with E-state index in [1.807, 2.05) is 13.8 Å². The van der Waals surface area contributed by atoms with Gasteiger partial charge in [0.1, 0.15) is 5.82 Å². The van der Waals surface area contributed by atoms with Gasteiger partial charge in [0.25, 0.3) is 5.91 Å². The van der Waals surface area contributed by atoms with Crippen molar-refractivity contribution in [3.05, 3.63) is 35.6 Å². The molecule has 0 bridgehead atoms. The van der Waals surface area contributed by atoms with Crippen molar-refractivity contribution in [2.24, 2.45) is 0 Å². The third-order valence-electron chi connectivity index (χ3n) is 2.68. The van der Waals surface area contributed by atoms with Crippen molar-refractivity contribution >= 4 is 5.91 Å². The number of benzene rings is 1. The summed E-state index contributed by atoms with van der Waals surface area (Å²) in [6, 6.07) is 6.18. The Balaban J connectivity index is 2.90. The van der Waals surface area contributed by atoms with Crippen LogP contribution < -0.4 is 0 Å². The van der Waals surface area contributed by atoms with E-state index >= 15 is 0 Å². The van der Waals surface area contributed by atoms with Gasteiger partial charge in [-0.2, -0.15) is 0 Å². The standard InChI is InChI=1S/C12H16FNO/c1-4-9(2)14(3)12(15)10-7-5-6-8-11(10)13/h5-9H,4H2,1-3H3. The molecule has 0 saturated carbocycles. The van der Waals surface area contributed by atoms with Crippen LogP contribution in [0, 0.1) is 5.82 Å². The fourth-order valence-electron chi connectivity index (χ4n) is 1.30. The van der Waals surface area contributed by atoms with Crippen LogP contribution in [0.25, 0.3) is 0 Å². The van der Waals surface area contributed by atoms with Gasteiger partial charge in [0.05, 0.1) is 5.56 Å². The highest BCUT2D eigenvalue weighted by Crippen LogP contribution is 2.11. The molecule has 1 amide bonds. The van der Waals surface area contributed by atoms with Gasteiger partial charge in [-0.05, 0) is 25.5 Å². The summed E-state index contributed by atoms with van der Waals surface area (Å²) in [6.07, 6.45) is 0.858. The minimum absolute atomic E-state index is 0.122. The summed E-state index contributed by atoms with van der Waals surface area (Å²) in [5.41, 5.74) is 0.139. The molecule has 0 N–H and O–H groups in total. The number of amides is 1. The normalized spacial score (nSPS) is 12.3. The van der Waals surface area contributed by atoms with E-state index in [0.29, 0.717) is 0 Å². The average molecular weight is 209 g/mol. The fraction of sp³-hybridized carbons (Fsp3) is 0.417. The lowest BCUT2D eigenvalue weighted by Crippen LogP contribution is -2.35. The van der Waals surface area contributed by atoms with Gasteiger partial charge in [0.2, 0.25) is 0 Å². The van der Waals surface area contributed by atoms with Crippen LogP contribution in [0.5, 0.6) is 0 Å². The van der Waals surface area contributed by atoms with E-state index in [2.05, 4.69) is 0 Å². The zero-order chi connectivity index (χ0) is 11.4. The van der Waals surface area contributed by atoms with Crippen molar-refractivity contribution in [3.63, 3.8) is 0 Å². The van der Waals surface area contributed by atoms with Gasteiger partial charge < -0.3 is 4.90 Å². The van der Waals surface area contributed by atoms with Gasteiger partial charge in [0.15, 0.2) is 0 Å². The Morgan fingerprint density at radius 2 is 2.07 bits per heavy atom. The Kier molecular flexibility index (Phi) is 3.83. The molecule has 1 unspecified atom stereocenters. The summed E-state index contributed by atoms with van der Waals surface area (Å²) in [6.45, 7) is 3.94. The summed E-state index contributed by atoms with van der Waals surface area (Å²) in [5, 5.41) is 0. The summed E-state index contributed by atoms with van der Waals surface area (Å²) in [7, 11) is 1.70. The molecule has 0 aliphatic carbocycles. The van der Waals surface area contributed by atoms with Crippen molar-refractivity contribution in [1.29, 1.82) is 0 Å². The van der Waals surface area contributed by atoms with Gasteiger partial charge >= 0.3 is 0 Å². The molecule has 0 aliphatic rings. The molecule has 15 heavy (non-hydrogen) atoms. The van der Waals surface area contributed by atoms with Crippen LogP contribution in [0.2, 0.25) is 0 Å². The quantitative estimate of drug-likeness (QED) is 0.749. The highest BCUT2D eigenvalue weighted by atomic mass is 19.1. The van der Waals surface area contributed by atoms with E-state index in [-0.39, 0.29) is 17.5 Å². The van der Waals surface area contributed by atoms with E-state index in [9.17, 15) is 9.18 Å². The molecule has 0 fully saturated rings. The van der Waals surface area contributed by atoms with Gasteiger partial charge in [-0.3, -0.25) is 4.79 Å². The molecule has 0 heterocycles. The molecule has 1 rings (SSSR count). The lowest BCUT2D eigenvalue weighted by Gasteiger charge is -2.23. The second kappa shape index (κ2) is 4.91. The maximum atomic E-state index is 13.3. The number of carbonyl (C=O) groups is 1. The summed E-state index contributed by atoms with van der Waals surface area (Å²) < 4.78 is 13.3. The van der Waals surface area contributed by atoms with E-state index in [4.69, 9.17) is 0 Å². The SMILES string of the molecule is CCC(C)N(C)C(=O)c1ccccc1F. The second-order valence-corrected chi connectivity index (χ2v) is 3.65. The predicted molar refractivity (Wildman–Crippen MR) is 58.2 cm³/mol. The first-order valence-corrected chi connectivity index (χ1v) is 5.09. The molecule has 2 nitrogen and oxygen atoms in total. The number of hydrogen-bond donors (Lipinski definition) is 0. The summed E-state index contributed by atoms with van der Waals surface area (Å²) >= 11 is 0. The molecule has 0 saturated heterocycles.